The highest BCUT2D eigenvalue weighted by Crippen LogP contribution is 2.27. The number of aliphatic hydroxyl groups excluding tert-OH is 1. The fourth-order valence-corrected chi connectivity index (χ4v) is 2.88. The van der Waals surface area contributed by atoms with E-state index in [9.17, 15) is 9.90 Å². The third-order valence-electron chi connectivity index (χ3n) is 3.58. The molecule has 0 atom stereocenters. The molecule has 1 heterocycles. The summed E-state index contributed by atoms with van der Waals surface area (Å²) >= 11 is 3.38. The number of halogens is 1. The molecule has 1 aromatic heterocycles. The van der Waals surface area contributed by atoms with Crippen molar-refractivity contribution in [3.05, 3.63) is 64.3 Å². The van der Waals surface area contributed by atoms with E-state index in [-0.39, 0.29) is 12.5 Å². The molecule has 112 valence electrons. The Morgan fingerprint density at radius 3 is 2.77 bits per heavy atom. The number of fused-ring (bicyclic) bond motifs is 1. The van der Waals surface area contributed by atoms with Crippen molar-refractivity contribution in [2.45, 2.75) is 6.61 Å². The number of methoxy groups -OCH3 is 1. The van der Waals surface area contributed by atoms with Crippen LogP contribution in [0.3, 0.4) is 0 Å². The number of aromatic nitrogens is 1. The number of nitrogens with zero attached hydrogens (tertiary/aromatic N) is 1. The monoisotopic (exact) mass is 359 g/mol. The van der Waals surface area contributed by atoms with Crippen LogP contribution in [0.25, 0.3) is 10.9 Å². The standard InChI is InChI=1S/C17H14BrNO3/c1-22-16-7-6-12(18)8-14(16)17(21)19-9-11(10-20)13-4-2-3-5-15(13)19/h2-9,20H,10H2,1H3. The van der Waals surface area contributed by atoms with Crippen LogP contribution in [0.5, 0.6) is 5.75 Å². The minimum Gasteiger partial charge on any atom is -0.496 e. The molecule has 0 spiro atoms. The van der Waals surface area contributed by atoms with Gasteiger partial charge in [-0.05, 0) is 24.3 Å². The topological polar surface area (TPSA) is 51.5 Å². The molecule has 0 radical (unpaired) electrons. The Hall–Kier alpha value is -2.11. The first-order valence-electron chi connectivity index (χ1n) is 6.73. The van der Waals surface area contributed by atoms with Crippen molar-refractivity contribution in [3.8, 4) is 5.75 Å². The average molecular weight is 360 g/mol. The summed E-state index contributed by atoms with van der Waals surface area (Å²) in [6, 6.07) is 12.8. The van der Waals surface area contributed by atoms with E-state index in [0.717, 1.165) is 20.9 Å². The lowest BCUT2D eigenvalue weighted by Crippen LogP contribution is -2.12. The van der Waals surface area contributed by atoms with E-state index in [2.05, 4.69) is 15.9 Å². The van der Waals surface area contributed by atoms with Gasteiger partial charge in [-0.1, -0.05) is 34.1 Å². The van der Waals surface area contributed by atoms with Gasteiger partial charge in [-0.3, -0.25) is 9.36 Å². The number of ether oxygens (including phenoxy) is 1. The highest BCUT2D eigenvalue weighted by molar-refractivity contribution is 9.10. The molecule has 0 aliphatic heterocycles. The highest BCUT2D eigenvalue weighted by atomic mass is 79.9. The van der Waals surface area contributed by atoms with Crippen molar-refractivity contribution in [1.29, 1.82) is 0 Å². The van der Waals surface area contributed by atoms with E-state index >= 15 is 0 Å². The second kappa shape index (κ2) is 5.94. The first-order valence-corrected chi connectivity index (χ1v) is 7.53. The maximum atomic E-state index is 12.9. The molecule has 0 aliphatic carbocycles. The summed E-state index contributed by atoms with van der Waals surface area (Å²) in [4.78, 5) is 12.9. The Morgan fingerprint density at radius 1 is 1.27 bits per heavy atom. The third kappa shape index (κ3) is 2.42. The van der Waals surface area contributed by atoms with Crippen molar-refractivity contribution in [2.24, 2.45) is 0 Å². The summed E-state index contributed by atoms with van der Waals surface area (Å²) in [7, 11) is 1.53. The van der Waals surface area contributed by atoms with Crippen LogP contribution in [-0.2, 0) is 6.61 Å². The number of carbonyl (C=O) groups is 1. The summed E-state index contributed by atoms with van der Waals surface area (Å²) < 4.78 is 7.63. The second-order valence-corrected chi connectivity index (χ2v) is 5.77. The number of carbonyl (C=O) groups excluding carboxylic acids is 1. The number of hydrogen-bond acceptors (Lipinski definition) is 3. The molecule has 4 nitrogen and oxygen atoms in total. The normalized spacial score (nSPS) is 10.9. The van der Waals surface area contributed by atoms with Crippen molar-refractivity contribution < 1.29 is 14.6 Å². The molecule has 0 bridgehead atoms. The zero-order valence-electron chi connectivity index (χ0n) is 11.9. The van der Waals surface area contributed by atoms with Crippen LogP contribution in [0.1, 0.15) is 15.9 Å². The maximum Gasteiger partial charge on any atom is 0.266 e. The fourth-order valence-electron chi connectivity index (χ4n) is 2.52. The molecular weight excluding hydrogens is 346 g/mol. The predicted molar refractivity (Wildman–Crippen MR) is 88.3 cm³/mol. The van der Waals surface area contributed by atoms with Crippen LogP contribution in [0, 0.1) is 0 Å². The van der Waals surface area contributed by atoms with Crippen LogP contribution in [0.4, 0.5) is 0 Å². The number of rotatable bonds is 3. The van der Waals surface area contributed by atoms with Crippen molar-refractivity contribution in [2.75, 3.05) is 7.11 Å². The minimum absolute atomic E-state index is 0.115. The van der Waals surface area contributed by atoms with Gasteiger partial charge in [0.1, 0.15) is 5.75 Å². The molecule has 0 saturated heterocycles. The molecule has 1 N–H and O–H groups in total. The molecule has 0 aliphatic rings. The molecule has 22 heavy (non-hydrogen) atoms. The van der Waals surface area contributed by atoms with Gasteiger partial charge < -0.3 is 9.84 Å². The Balaban J connectivity index is 2.20. The molecule has 0 saturated carbocycles. The number of hydrogen-bond donors (Lipinski definition) is 1. The van der Waals surface area contributed by atoms with Crippen LogP contribution in [0.15, 0.2) is 53.1 Å². The second-order valence-electron chi connectivity index (χ2n) is 4.85. The first kappa shape index (κ1) is 14.8. The Morgan fingerprint density at radius 2 is 2.05 bits per heavy atom. The van der Waals surface area contributed by atoms with Crippen molar-refractivity contribution in [3.63, 3.8) is 0 Å². The Bertz CT molecular complexity index is 854. The van der Waals surface area contributed by atoms with Crippen LogP contribution in [0.2, 0.25) is 0 Å². The first-order chi connectivity index (χ1) is 10.7. The molecule has 3 rings (SSSR count). The van der Waals surface area contributed by atoms with E-state index in [0.29, 0.717) is 11.3 Å². The molecule has 2 aromatic carbocycles. The maximum absolute atomic E-state index is 12.9. The Labute approximate surface area is 136 Å². The van der Waals surface area contributed by atoms with E-state index in [1.54, 1.807) is 22.9 Å². The van der Waals surface area contributed by atoms with Gasteiger partial charge >= 0.3 is 0 Å². The van der Waals surface area contributed by atoms with Gasteiger partial charge in [-0.2, -0.15) is 0 Å². The summed E-state index contributed by atoms with van der Waals surface area (Å²) in [6.07, 6.45) is 1.67. The number of benzene rings is 2. The van der Waals surface area contributed by atoms with Gasteiger partial charge in [-0.15, -0.1) is 0 Å². The zero-order chi connectivity index (χ0) is 15.7. The van der Waals surface area contributed by atoms with Crippen molar-refractivity contribution in [1.82, 2.24) is 4.57 Å². The molecule has 0 unspecified atom stereocenters. The van der Waals surface area contributed by atoms with Gasteiger partial charge in [0.05, 0.1) is 24.8 Å². The molecule has 0 fully saturated rings. The van der Waals surface area contributed by atoms with E-state index < -0.39 is 0 Å². The lowest BCUT2D eigenvalue weighted by molar-refractivity contribution is 0.0961. The Kier molecular flexibility index (Phi) is 4.00. The average Bonchev–Trinajstić information content (AvgIpc) is 2.93. The summed E-state index contributed by atoms with van der Waals surface area (Å²) in [6.45, 7) is -0.115. The van der Waals surface area contributed by atoms with Gasteiger partial charge in [-0.25, -0.2) is 0 Å². The van der Waals surface area contributed by atoms with Crippen molar-refractivity contribution >= 4 is 32.7 Å². The van der Waals surface area contributed by atoms with Gasteiger partial charge in [0, 0.05) is 21.6 Å². The summed E-state index contributed by atoms with van der Waals surface area (Å²) in [5.41, 5.74) is 1.94. The largest absolute Gasteiger partial charge is 0.496 e. The molecule has 0 amide bonds. The van der Waals surface area contributed by atoms with Gasteiger partial charge in [0.15, 0.2) is 0 Å². The fraction of sp³-hybridized carbons (Fsp3) is 0.118. The smallest absolute Gasteiger partial charge is 0.266 e. The predicted octanol–water partition coefficient (Wildman–Crippen LogP) is 3.59. The lowest BCUT2D eigenvalue weighted by atomic mass is 10.1. The molecule has 5 heteroatoms. The minimum atomic E-state index is -0.200. The highest BCUT2D eigenvalue weighted by Gasteiger charge is 2.18. The number of para-hydroxylation sites is 1. The van der Waals surface area contributed by atoms with Gasteiger partial charge in [0.25, 0.3) is 5.91 Å². The SMILES string of the molecule is COc1ccc(Br)cc1C(=O)n1cc(CO)c2ccccc21. The van der Waals surface area contributed by atoms with Crippen LogP contribution >= 0.6 is 15.9 Å². The summed E-state index contributed by atoms with van der Waals surface area (Å²) in [5.74, 6) is 0.311. The van der Waals surface area contributed by atoms with Gasteiger partial charge in [0.2, 0.25) is 0 Å². The van der Waals surface area contributed by atoms with E-state index in [1.807, 2.05) is 30.3 Å². The van der Waals surface area contributed by atoms with E-state index in [1.165, 1.54) is 7.11 Å². The third-order valence-corrected chi connectivity index (χ3v) is 4.07. The summed E-state index contributed by atoms with van der Waals surface area (Å²) in [5, 5.41) is 10.4. The van der Waals surface area contributed by atoms with Crippen LogP contribution in [-0.4, -0.2) is 22.7 Å². The number of aliphatic hydroxyl groups is 1. The van der Waals surface area contributed by atoms with E-state index in [4.69, 9.17) is 4.74 Å². The zero-order valence-corrected chi connectivity index (χ0v) is 13.5. The van der Waals surface area contributed by atoms with Crippen LogP contribution < -0.4 is 4.74 Å². The molecular formula is C17H14BrNO3. The lowest BCUT2D eigenvalue weighted by Gasteiger charge is -2.09. The quantitative estimate of drug-likeness (QED) is 0.777. The molecule has 3 aromatic rings.